The molecule has 4 aromatic carbocycles. The van der Waals surface area contributed by atoms with Crippen molar-refractivity contribution in [3.8, 4) is 5.75 Å². The fourth-order valence-electron chi connectivity index (χ4n) is 6.41. The van der Waals surface area contributed by atoms with Crippen LogP contribution in [0.5, 0.6) is 5.75 Å². The largest absolute Gasteiger partial charge is 0.490 e. The standard InChI is InChI=1S/C39H37F4N5O4/c1-25(32-24-44-33-13-7-6-12-31(32)33)35(46-38(51)47-21-19-30(20-22-47)52-29-17-15-27(40)16-18-29)36(49)48(28-10-3-2-4-11-28)34-14-8-5-9-26(34)23-45-37(50)39(41,42)43/h2-18,24-25,30,35,44H,19-23H2,1H3,(H,45,50)(H,46,51). The summed E-state index contributed by atoms with van der Waals surface area (Å²) < 4.78 is 58.7. The minimum Gasteiger partial charge on any atom is -0.490 e. The van der Waals surface area contributed by atoms with Crippen LogP contribution in [0.4, 0.5) is 33.7 Å². The zero-order valence-electron chi connectivity index (χ0n) is 28.2. The number of amides is 4. The fraction of sp³-hybridized carbons (Fsp3) is 0.256. The number of para-hydroxylation sites is 3. The first kappa shape index (κ1) is 36.0. The number of alkyl halides is 3. The molecule has 5 aromatic rings. The van der Waals surface area contributed by atoms with E-state index in [0.29, 0.717) is 37.4 Å². The van der Waals surface area contributed by atoms with E-state index in [-0.39, 0.29) is 23.2 Å². The second kappa shape index (κ2) is 15.6. The van der Waals surface area contributed by atoms with Gasteiger partial charge in [-0.05, 0) is 59.7 Å². The van der Waals surface area contributed by atoms with Crippen molar-refractivity contribution in [2.75, 3.05) is 18.0 Å². The molecule has 1 aliphatic rings. The van der Waals surface area contributed by atoms with Crippen LogP contribution in [0.25, 0.3) is 10.9 Å². The maximum Gasteiger partial charge on any atom is 0.471 e. The predicted octanol–water partition coefficient (Wildman–Crippen LogP) is 7.58. The molecule has 270 valence electrons. The van der Waals surface area contributed by atoms with Gasteiger partial charge in [0.25, 0.3) is 5.91 Å². The molecule has 13 heteroatoms. The highest BCUT2D eigenvalue weighted by molar-refractivity contribution is 6.06. The summed E-state index contributed by atoms with van der Waals surface area (Å²) in [5, 5.41) is 5.77. The Balaban J connectivity index is 1.31. The average molecular weight is 716 g/mol. The van der Waals surface area contributed by atoms with Gasteiger partial charge in [0.1, 0.15) is 23.7 Å². The molecule has 9 nitrogen and oxygen atoms in total. The second-order valence-electron chi connectivity index (χ2n) is 12.6. The summed E-state index contributed by atoms with van der Waals surface area (Å²) in [5.41, 5.74) is 2.53. The molecule has 0 radical (unpaired) electrons. The van der Waals surface area contributed by atoms with Gasteiger partial charge in [0.05, 0.1) is 5.69 Å². The van der Waals surface area contributed by atoms with E-state index in [1.165, 1.54) is 23.1 Å². The molecule has 2 atom stereocenters. The van der Waals surface area contributed by atoms with E-state index in [9.17, 15) is 27.2 Å². The van der Waals surface area contributed by atoms with Crippen LogP contribution in [0.15, 0.2) is 109 Å². The Morgan fingerprint density at radius 1 is 0.904 bits per heavy atom. The summed E-state index contributed by atoms with van der Waals surface area (Å²) >= 11 is 0. The van der Waals surface area contributed by atoms with Gasteiger partial charge in [0, 0.05) is 61.2 Å². The molecule has 0 bridgehead atoms. The number of hydrogen-bond donors (Lipinski definition) is 3. The fourth-order valence-corrected chi connectivity index (χ4v) is 6.41. The van der Waals surface area contributed by atoms with Gasteiger partial charge in [-0.1, -0.05) is 61.5 Å². The average Bonchev–Trinajstić information content (AvgIpc) is 3.58. The van der Waals surface area contributed by atoms with E-state index < -0.39 is 42.5 Å². The summed E-state index contributed by atoms with van der Waals surface area (Å²) in [6, 6.07) is 26.6. The third-order valence-corrected chi connectivity index (χ3v) is 9.17. The van der Waals surface area contributed by atoms with Crippen molar-refractivity contribution in [1.29, 1.82) is 0 Å². The van der Waals surface area contributed by atoms with Crippen LogP contribution in [-0.2, 0) is 16.1 Å². The van der Waals surface area contributed by atoms with Crippen molar-refractivity contribution in [2.45, 2.75) is 50.6 Å². The summed E-state index contributed by atoms with van der Waals surface area (Å²) in [7, 11) is 0. The van der Waals surface area contributed by atoms with Gasteiger partial charge in [-0.15, -0.1) is 0 Å². The number of nitrogens with zero attached hydrogens (tertiary/aromatic N) is 2. The molecule has 2 unspecified atom stereocenters. The summed E-state index contributed by atoms with van der Waals surface area (Å²) in [4.78, 5) is 47.0. The van der Waals surface area contributed by atoms with Gasteiger partial charge in [0.15, 0.2) is 0 Å². The van der Waals surface area contributed by atoms with Crippen LogP contribution in [0.3, 0.4) is 0 Å². The Labute approximate surface area is 297 Å². The molecule has 3 N–H and O–H groups in total. The van der Waals surface area contributed by atoms with E-state index in [2.05, 4.69) is 10.3 Å². The number of likely N-dealkylation sites (tertiary alicyclic amines) is 1. The third kappa shape index (κ3) is 8.20. The highest BCUT2D eigenvalue weighted by atomic mass is 19.4. The molecule has 0 spiro atoms. The van der Waals surface area contributed by atoms with Crippen LogP contribution in [-0.4, -0.2) is 59.1 Å². The highest BCUT2D eigenvalue weighted by Gasteiger charge is 2.39. The quantitative estimate of drug-likeness (QED) is 0.130. The number of rotatable bonds is 10. The first-order chi connectivity index (χ1) is 25.0. The Bertz CT molecular complexity index is 2010. The minimum atomic E-state index is -5.09. The van der Waals surface area contributed by atoms with Crippen molar-refractivity contribution < 1.29 is 36.7 Å². The Kier molecular flexibility index (Phi) is 10.8. The topological polar surface area (TPSA) is 107 Å². The first-order valence-electron chi connectivity index (χ1n) is 16.8. The van der Waals surface area contributed by atoms with Gasteiger partial charge in [-0.2, -0.15) is 13.2 Å². The number of ether oxygens (including phenoxy) is 1. The van der Waals surface area contributed by atoms with Crippen LogP contribution < -0.4 is 20.3 Å². The Hall–Kier alpha value is -5.85. The molecule has 1 saturated heterocycles. The van der Waals surface area contributed by atoms with Gasteiger partial charge in [0.2, 0.25) is 0 Å². The number of anilines is 2. The smallest absolute Gasteiger partial charge is 0.471 e. The number of aromatic nitrogens is 1. The number of benzene rings is 4. The van der Waals surface area contributed by atoms with Crippen molar-refractivity contribution in [3.05, 3.63) is 126 Å². The highest BCUT2D eigenvalue weighted by Crippen LogP contribution is 2.34. The Morgan fingerprint density at radius 3 is 2.27 bits per heavy atom. The number of halogens is 4. The van der Waals surface area contributed by atoms with E-state index in [1.807, 2.05) is 36.5 Å². The molecule has 1 aromatic heterocycles. The number of aromatic amines is 1. The molecule has 2 heterocycles. The van der Waals surface area contributed by atoms with Crippen molar-refractivity contribution in [3.63, 3.8) is 0 Å². The van der Waals surface area contributed by atoms with E-state index in [4.69, 9.17) is 4.74 Å². The van der Waals surface area contributed by atoms with Gasteiger partial charge in [-0.3, -0.25) is 14.5 Å². The molecular weight excluding hydrogens is 678 g/mol. The van der Waals surface area contributed by atoms with E-state index in [1.54, 1.807) is 71.8 Å². The maximum absolute atomic E-state index is 15.0. The number of hydrogen-bond acceptors (Lipinski definition) is 4. The molecule has 1 fully saturated rings. The lowest BCUT2D eigenvalue weighted by atomic mass is 9.91. The SMILES string of the molecule is CC(c1c[nH]c2ccccc12)C(NC(=O)N1CCC(Oc2ccc(F)cc2)CC1)C(=O)N(c1ccccc1)c1ccccc1CNC(=O)C(F)(F)F. The summed E-state index contributed by atoms with van der Waals surface area (Å²) in [6.45, 7) is 2.00. The zero-order chi connectivity index (χ0) is 36.8. The second-order valence-corrected chi connectivity index (χ2v) is 12.6. The van der Waals surface area contributed by atoms with Crippen LogP contribution >= 0.6 is 0 Å². The monoisotopic (exact) mass is 715 g/mol. The number of fused-ring (bicyclic) bond motifs is 1. The van der Waals surface area contributed by atoms with E-state index in [0.717, 1.165) is 16.5 Å². The molecule has 6 rings (SSSR count). The van der Waals surface area contributed by atoms with Crippen LogP contribution in [0, 0.1) is 5.82 Å². The molecule has 0 aliphatic carbocycles. The van der Waals surface area contributed by atoms with Crippen LogP contribution in [0.2, 0.25) is 0 Å². The number of carbonyl (C=O) groups is 3. The van der Waals surface area contributed by atoms with Gasteiger partial charge < -0.3 is 25.3 Å². The number of carbonyl (C=O) groups excluding carboxylic acids is 3. The van der Waals surface area contributed by atoms with Crippen molar-refractivity contribution in [1.82, 2.24) is 20.5 Å². The first-order valence-corrected chi connectivity index (χ1v) is 16.8. The molecule has 1 aliphatic heterocycles. The number of H-pyrrole nitrogens is 1. The van der Waals surface area contributed by atoms with E-state index >= 15 is 4.79 Å². The number of nitrogens with one attached hydrogen (secondary N) is 3. The molecule has 4 amide bonds. The Morgan fingerprint density at radius 2 is 1.56 bits per heavy atom. The zero-order valence-corrected chi connectivity index (χ0v) is 28.2. The maximum atomic E-state index is 15.0. The molecular formula is C39H37F4N5O4. The lowest BCUT2D eigenvalue weighted by Crippen LogP contribution is -2.55. The van der Waals surface area contributed by atoms with Crippen LogP contribution in [0.1, 0.15) is 36.8 Å². The van der Waals surface area contributed by atoms with Crippen molar-refractivity contribution >= 4 is 40.1 Å². The normalized spacial score (nSPS) is 14.8. The third-order valence-electron chi connectivity index (χ3n) is 9.17. The number of piperidine rings is 1. The number of urea groups is 1. The van der Waals surface area contributed by atoms with Gasteiger partial charge in [-0.25, -0.2) is 9.18 Å². The summed E-state index contributed by atoms with van der Waals surface area (Å²) in [5.74, 6) is -3.07. The van der Waals surface area contributed by atoms with Crippen molar-refractivity contribution in [2.24, 2.45) is 0 Å². The predicted molar refractivity (Wildman–Crippen MR) is 189 cm³/mol. The lowest BCUT2D eigenvalue weighted by Gasteiger charge is -2.36. The lowest BCUT2D eigenvalue weighted by molar-refractivity contribution is -0.173. The molecule has 0 saturated carbocycles. The van der Waals surface area contributed by atoms with Gasteiger partial charge >= 0.3 is 18.1 Å². The summed E-state index contributed by atoms with van der Waals surface area (Å²) in [6.07, 6.45) is -2.47. The minimum absolute atomic E-state index is 0.194. The molecule has 52 heavy (non-hydrogen) atoms.